The van der Waals surface area contributed by atoms with Crippen LogP contribution in [0.4, 0.5) is 29.5 Å². The van der Waals surface area contributed by atoms with Crippen LogP contribution < -0.4 is 33.2 Å². The highest BCUT2D eigenvalue weighted by molar-refractivity contribution is 5.76. The smallest absolute Gasteiger partial charge is 0.278 e. The number of aryl methyl sites for hydroxylation is 2. The number of nitrogen functional groups attached to an aromatic ring is 4. The number of nitrogens with zero attached hydrogens (tertiary/aromatic N) is 26. The van der Waals surface area contributed by atoms with Crippen LogP contribution in [-0.2, 0) is 51.8 Å². The van der Waals surface area contributed by atoms with E-state index in [4.69, 9.17) is 55.7 Å². The highest BCUT2D eigenvalue weighted by atomic mass is 16.5. The molecule has 12 aromatic heterocycles. The minimum absolute atomic E-state index is 0.0618. The van der Waals surface area contributed by atoms with E-state index in [1.54, 1.807) is 120 Å². The van der Waals surface area contributed by atoms with Gasteiger partial charge in [-0.15, -0.1) is 0 Å². The number of amides is 1. The number of nitrogens with two attached hydrogens (primary N) is 4. The first-order valence-corrected chi connectivity index (χ1v) is 42.9. The highest BCUT2D eigenvalue weighted by Crippen LogP contribution is 2.53. The monoisotopic (exact) mass is 1750 g/mol. The first-order chi connectivity index (χ1) is 62.7. The minimum Gasteiger partial charge on any atom is -0.383 e. The van der Waals surface area contributed by atoms with Gasteiger partial charge in [0.2, 0.25) is 23.8 Å². The van der Waals surface area contributed by atoms with Gasteiger partial charge in [-0.05, 0) is 116 Å². The van der Waals surface area contributed by atoms with Crippen LogP contribution in [0.25, 0.3) is 90.6 Å². The quantitative estimate of drug-likeness (QED) is 0.0336. The molecule has 0 radical (unpaired) electrons. The number of piperazine rings is 1. The number of anilines is 5. The Morgan fingerprint density at radius 1 is 0.438 bits per heavy atom. The van der Waals surface area contributed by atoms with Gasteiger partial charge in [0.1, 0.15) is 23.9 Å². The van der Waals surface area contributed by atoms with Crippen molar-refractivity contribution in [2.75, 3.05) is 81.3 Å². The van der Waals surface area contributed by atoms with Crippen molar-refractivity contribution in [1.29, 1.82) is 0 Å². The summed E-state index contributed by atoms with van der Waals surface area (Å²) < 4.78 is 32.4. The first-order valence-electron chi connectivity index (χ1n) is 42.9. The summed E-state index contributed by atoms with van der Waals surface area (Å²) in [5.41, 5.74) is 35.7. The molecular formula is C93H103N31O6. The van der Waals surface area contributed by atoms with E-state index >= 15 is 0 Å². The van der Waals surface area contributed by atoms with Crippen molar-refractivity contribution < 1.29 is 27.6 Å². The number of rotatable bonds is 26. The fourth-order valence-corrected chi connectivity index (χ4v) is 15.7. The van der Waals surface area contributed by atoms with Gasteiger partial charge in [-0.3, -0.25) is 23.8 Å². The van der Waals surface area contributed by atoms with Crippen molar-refractivity contribution in [2.45, 2.75) is 109 Å². The van der Waals surface area contributed by atoms with Gasteiger partial charge in [0.05, 0.1) is 94.0 Å². The van der Waals surface area contributed by atoms with Crippen molar-refractivity contribution in [3.8, 4) is 90.6 Å². The lowest BCUT2D eigenvalue weighted by atomic mass is 9.72. The molecule has 3 aliphatic rings. The fraction of sp³-hybridized carbons (Fsp3) is 0.333. The Balaban J connectivity index is 0.000000128. The molecular weight excluding hydrogens is 1650 g/mol. The minimum atomic E-state index is -0.417. The summed E-state index contributed by atoms with van der Waals surface area (Å²) in [5.74, 6) is 7.65. The Labute approximate surface area is 749 Å². The zero-order valence-corrected chi connectivity index (χ0v) is 74.4. The molecule has 4 aromatic carbocycles. The number of methoxy groups -OCH3 is 1. The van der Waals surface area contributed by atoms with E-state index in [1.807, 2.05) is 50.8 Å². The molecule has 0 unspecified atom stereocenters. The fourth-order valence-electron chi connectivity index (χ4n) is 15.7. The maximum absolute atomic E-state index is 12.4. The molecule has 16 aromatic rings. The summed E-state index contributed by atoms with van der Waals surface area (Å²) in [7, 11) is 7.06. The predicted molar refractivity (Wildman–Crippen MR) is 487 cm³/mol. The molecule has 13 heterocycles. The third-order valence-electron chi connectivity index (χ3n) is 25.0. The topological polar surface area (TPSA) is 487 Å². The van der Waals surface area contributed by atoms with E-state index in [1.165, 1.54) is 0 Å². The zero-order chi connectivity index (χ0) is 91.0. The van der Waals surface area contributed by atoms with Crippen molar-refractivity contribution in [2.24, 2.45) is 37.8 Å². The number of likely N-dealkylation sites (N-methyl/N-ethyl adjacent to an activating group) is 1. The van der Waals surface area contributed by atoms with Gasteiger partial charge in [-0.1, -0.05) is 145 Å². The SMILES string of the molecule is CC(C)[C@](C)(c1ccc(-c2cnc(N)nc2)cc1)c1noc(-c2cnn(C)c2)n1.CC(C)[C@](C)(c1ccc(-c2cnc(N)nc2)cc1)c1noc(-c2cnn(C)c2)n1.COCCN(C)C(=O)Cn1cc(-c2nc([C@@](C)(c3ccc(-c4cnc(N)nc4)cc3)C3CC3)no2)cn1.C[C@@](c1ccc(-c2cnc(N)cn2)cc1)(c1noc(-c2cnc(N3CCNCC3)cn2)n1)C1CC1. The van der Waals surface area contributed by atoms with Gasteiger partial charge in [0.25, 0.3) is 23.6 Å². The third-order valence-corrected chi connectivity index (χ3v) is 25.0. The Bertz CT molecular complexity index is 6260. The molecule has 37 heteroatoms. The summed E-state index contributed by atoms with van der Waals surface area (Å²) in [6.07, 6.45) is 32.1. The van der Waals surface area contributed by atoms with Crippen molar-refractivity contribution in [3.63, 3.8) is 0 Å². The number of hydrogen-bond donors (Lipinski definition) is 5. The molecule has 666 valence electrons. The van der Waals surface area contributed by atoms with Crippen LogP contribution in [0.2, 0.25) is 0 Å². The lowest BCUT2D eigenvalue weighted by Crippen LogP contribution is -2.43. The number of carbonyl (C=O) groups is 1. The molecule has 1 aliphatic heterocycles. The van der Waals surface area contributed by atoms with E-state index < -0.39 is 16.2 Å². The summed E-state index contributed by atoms with van der Waals surface area (Å²) in [5, 5.41) is 33.4. The Morgan fingerprint density at radius 3 is 1.22 bits per heavy atom. The molecule has 0 spiro atoms. The van der Waals surface area contributed by atoms with Crippen LogP contribution in [0.15, 0.2) is 214 Å². The van der Waals surface area contributed by atoms with Gasteiger partial charge in [-0.2, -0.15) is 35.2 Å². The zero-order valence-electron chi connectivity index (χ0n) is 74.4. The molecule has 2 aliphatic carbocycles. The maximum Gasteiger partial charge on any atom is 0.278 e. The number of nitrogens with one attached hydrogen (secondary N) is 1. The Hall–Kier alpha value is -15.1. The van der Waals surface area contributed by atoms with Crippen molar-refractivity contribution in [1.82, 2.24) is 130 Å². The molecule has 130 heavy (non-hydrogen) atoms. The molecule has 1 amide bonds. The van der Waals surface area contributed by atoms with Crippen molar-refractivity contribution >= 4 is 35.4 Å². The molecule has 19 rings (SSSR count). The predicted octanol–water partition coefficient (Wildman–Crippen LogP) is 12.4. The van der Waals surface area contributed by atoms with Crippen LogP contribution in [0, 0.1) is 23.7 Å². The number of carbonyl (C=O) groups excluding carboxylic acids is 1. The molecule has 2 saturated carbocycles. The molecule has 0 bridgehead atoms. The van der Waals surface area contributed by atoms with Crippen LogP contribution >= 0.6 is 0 Å². The standard InChI is InChI=1S/C26H30N8O3.C25H27N9O.2C21H23N7O/c1-26(21-8-9-21,20-6-4-17(5-7-20)18-12-28-25(27)29-13-18)24-31-23(37-32-24)19-14-30-34(15-19)16-22(35)33(2)10-11-36-3;1-25(18-6-7-18,17-4-2-16(3-5-17)19-12-30-21(26)14-28-19)24-32-23(35-33-24)20-13-31-22(15-29-20)34-10-8-27-9-11-34;2*1-13(2)21(3,19-26-18(29-27-19)16-11-25-28(4)12-16)17-7-5-14(6-8-17)15-9-23-20(22)24-10-15/h4-7,12-15,21H,8-11,16H2,1-3H3,(H2,27,28,29);2-5,12-15,18,27H,6-11H2,1H3,(H2,26,30);2*5-13H,1-4H3,(H2,22,23,24)/t26-;25-;2*21-/m0011/s1. The molecule has 37 nitrogen and oxygen atoms in total. The largest absolute Gasteiger partial charge is 0.383 e. The molecule has 9 N–H and O–H groups in total. The van der Waals surface area contributed by atoms with E-state index in [0.29, 0.717) is 88.9 Å². The van der Waals surface area contributed by atoms with Crippen LogP contribution in [0.5, 0.6) is 0 Å². The second-order valence-corrected chi connectivity index (χ2v) is 34.0. The van der Waals surface area contributed by atoms with Gasteiger partial charge in [-0.25, -0.2) is 44.9 Å². The van der Waals surface area contributed by atoms with Crippen molar-refractivity contribution in [3.05, 3.63) is 242 Å². The molecule has 1 saturated heterocycles. The summed E-state index contributed by atoms with van der Waals surface area (Å²) >= 11 is 0. The Morgan fingerprint density at radius 2 is 0.823 bits per heavy atom. The number of aromatic nitrogens is 24. The normalized spacial score (nSPS) is 15.1. The second kappa shape index (κ2) is 37.8. The summed E-state index contributed by atoms with van der Waals surface area (Å²) in [4.78, 5) is 77.3. The number of hydrogen-bond acceptors (Lipinski definition) is 33. The summed E-state index contributed by atoms with van der Waals surface area (Å²) in [6, 6.07) is 33.2. The van der Waals surface area contributed by atoms with Gasteiger partial charge in [0, 0.05) is 139 Å². The Kier molecular flexibility index (Phi) is 25.7. The van der Waals surface area contributed by atoms with E-state index in [2.05, 4.69) is 234 Å². The lowest BCUT2D eigenvalue weighted by molar-refractivity contribution is -0.131. The van der Waals surface area contributed by atoms with Gasteiger partial charge < -0.3 is 60.9 Å². The van der Waals surface area contributed by atoms with E-state index in [0.717, 1.165) is 136 Å². The van der Waals surface area contributed by atoms with Crippen LogP contribution in [-0.4, -0.2) is 184 Å². The molecule has 4 atom stereocenters. The van der Waals surface area contributed by atoms with Crippen LogP contribution in [0.3, 0.4) is 0 Å². The second-order valence-electron chi connectivity index (χ2n) is 34.0. The van der Waals surface area contributed by atoms with Crippen LogP contribution in [0.1, 0.15) is 127 Å². The van der Waals surface area contributed by atoms with E-state index in [-0.39, 0.29) is 47.5 Å². The van der Waals surface area contributed by atoms with E-state index in [9.17, 15) is 4.79 Å². The lowest BCUT2D eigenvalue weighted by Gasteiger charge is -2.31. The highest BCUT2D eigenvalue weighted by Gasteiger charge is 2.49. The number of ether oxygens (including phenoxy) is 1. The summed E-state index contributed by atoms with van der Waals surface area (Å²) in [6.45, 7) is 22.1. The number of benzene rings is 4. The average molecular weight is 1750 g/mol. The average Bonchev–Trinajstić information content (AvgIpc) is 1.59. The maximum atomic E-state index is 12.4. The van der Waals surface area contributed by atoms with Gasteiger partial charge >= 0.3 is 0 Å². The molecule has 3 fully saturated rings. The van der Waals surface area contributed by atoms with Gasteiger partial charge in [0.15, 0.2) is 23.3 Å². The third kappa shape index (κ3) is 19.1. The first kappa shape index (κ1) is 88.3.